The van der Waals surface area contributed by atoms with Gasteiger partial charge in [0.2, 0.25) is 0 Å². The molecule has 1 aliphatic heterocycles. The SMILES string of the molecule is C[C](C)CN1CCC(C(F)c2ccc(F)cc2F)CC1. The maximum absolute atomic E-state index is 14.4. The molecule has 0 aliphatic carbocycles. The Bertz CT molecular complexity index is 439. The van der Waals surface area contributed by atoms with Crippen molar-refractivity contribution < 1.29 is 13.2 Å². The Labute approximate surface area is 118 Å². The van der Waals surface area contributed by atoms with Crippen molar-refractivity contribution in [1.29, 1.82) is 0 Å². The van der Waals surface area contributed by atoms with E-state index >= 15 is 0 Å². The lowest BCUT2D eigenvalue weighted by atomic mass is 9.88. The van der Waals surface area contributed by atoms with Gasteiger partial charge in [0, 0.05) is 18.2 Å². The van der Waals surface area contributed by atoms with Gasteiger partial charge in [-0.2, -0.15) is 0 Å². The molecule has 1 unspecified atom stereocenters. The van der Waals surface area contributed by atoms with Crippen LogP contribution in [0.25, 0.3) is 0 Å². The van der Waals surface area contributed by atoms with Gasteiger partial charge in [-0.1, -0.05) is 19.9 Å². The van der Waals surface area contributed by atoms with Gasteiger partial charge in [0.1, 0.15) is 17.8 Å². The molecule has 4 heteroatoms. The lowest BCUT2D eigenvalue weighted by Gasteiger charge is -2.34. The first-order valence-electron chi connectivity index (χ1n) is 7.07. The summed E-state index contributed by atoms with van der Waals surface area (Å²) in [6.45, 7) is 6.77. The third-order valence-electron chi connectivity index (χ3n) is 3.85. The van der Waals surface area contributed by atoms with Crippen LogP contribution in [-0.2, 0) is 0 Å². The van der Waals surface area contributed by atoms with Gasteiger partial charge in [-0.3, -0.25) is 0 Å². The van der Waals surface area contributed by atoms with Gasteiger partial charge >= 0.3 is 0 Å². The molecule has 2 rings (SSSR count). The molecular weight excluding hydrogens is 263 g/mol. The van der Waals surface area contributed by atoms with Crippen LogP contribution < -0.4 is 0 Å². The summed E-state index contributed by atoms with van der Waals surface area (Å²) in [5.41, 5.74) is -0.0110. The van der Waals surface area contributed by atoms with Crippen molar-refractivity contribution in [2.24, 2.45) is 5.92 Å². The Kier molecular flexibility index (Phi) is 5.08. The van der Waals surface area contributed by atoms with E-state index in [1.165, 1.54) is 12.0 Å². The average Bonchev–Trinajstić information content (AvgIpc) is 2.38. The van der Waals surface area contributed by atoms with Crippen LogP contribution in [-0.4, -0.2) is 24.5 Å². The summed E-state index contributed by atoms with van der Waals surface area (Å²) in [6, 6.07) is 3.10. The molecule has 1 saturated heterocycles. The Morgan fingerprint density at radius 1 is 1.25 bits per heavy atom. The van der Waals surface area contributed by atoms with Crippen LogP contribution in [0.1, 0.15) is 38.4 Å². The zero-order valence-electron chi connectivity index (χ0n) is 12.0. The Morgan fingerprint density at radius 3 is 2.45 bits per heavy atom. The minimum Gasteiger partial charge on any atom is -0.303 e. The minimum absolute atomic E-state index is 0.0110. The molecule has 1 atom stereocenters. The maximum atomic E-state index is 14.4. The summed E-state index contributed by atoms with van der Waals surface area (Å²) in [6.07, 6.45) is 0.0840. The fraction of sp³-hybridized carbons (Fsp3) is 0.562. The second-order valence-electron chi connectivity index (χ2n) is 5.89. The molecule has 0 spiro atoms. The number of rotatable bonds is 4. The van der Waals surface area contributed by atoms with E-state index in [1.54, 1.807) is 0 Å². The summed E-state index contributed by atoms with van der Waals surface area (Å²) in [7, 11) is 0. The zero-order chi connectivity index (χ0) is 14.7. The fourth-order valence-corrected chi connectivity index (χ4v) is 2.83. The van der Waals surface area contributed by atoms with Crippen molar-refractivity contribution in [3.63, 3.8) is 0 Å². The van der Waals surface area contributed by atoms with Crippen molar-refractivity contribution in [2.45, 2.75) is 32.9 Å². The van der Waals surface area contributed by atoms with Gasteiger partial charge in [0.25, 0.3) is 0 Å². The van der Waals surface area contributed by atoms with Gasteiger partial charge in [0.15, 0.2) is 0 Å². The van der Waals surface area contributed by atoms with E-state index in [-0.39, 0.29) is 11.5 Å². The van der Waals surface area contributed by atoms with Crippen LogP contribution in [0.4, 0.5) is 13.2 Å². The lowest BCUT2D eigenvalue weighted by molar-refractivity contribution is 0.121. The Hall–Kier alpha value is -1.03. The molecule has 1 radical (unpaired) electrons. The van der Waals surface area contributed by atoms with Crippen molar-refractivity contribution >= 4 is 0 Å². The van der Waals surface area contributed by atoms with E-state index in [0.717, 1.165) is 31.8 Å². The molecule has 1 fully saturated rings. The van der Waals surface area contributed by atoms with Crippen LogP contribution in [0, 0.1) is 23.5 Å². The number of benzene rings is 1. The van der Waals surface area contributed by atoms with E-state index in [1.807, 2.05) is 0 Å². The standard InChI is InChI=1S/C16H21F3N/c1-11(2)10-20-7-5-12(6-8-20)16(19)14-4-3-13(17)9-15(14)18/h3-4,9,12,16H,5-8,10H2,1-2H3. The molecule has 1 aliphatic rings. The van der Waals surface area contributed by atoms with Crippen molar-refractivity contribution in [3.8, 4) is 0 Å². The van der Waals surface area contributed by atoms with E-state index in [0.29, 0.717) is 12.8 Å². The maximum Gasteiger partial charge on any atom is 0.132 e. The van der Waals surface area contributed by atoms with Gasteiger partial charge in [-0.05, 0) is 43.8 Å². The smallest absolute Gasteiger partial charge is 0.132 e. The molecule has 0 aromatic heterocycles. The van der Waals surface area contributed by atoms with E-state index in [2.05, 4.69) is 18.7 Å². The van der Waals surface area contributed by atoms with Crippen molar-refractivity contribution in [3.05, 3.63) is 41.3 Å². The van der Waals surface area contributed by atoms with Gasteiger partial charge in [-0.25, -0.2) is 13.2 Å². The Balaban J connectivity index is 1.96. The second-order valence-corrected chi connectivity index (χ2v) is 5.89. The predicted molar refractivity (Wildman–Crippen MR) is 74.0 cm³/mol. The molecule has 0 saturated carbocycles. The van der Waals surface area contributed by atoms with Crippen LogP contribution >= 0.6 is 0 Å². The molecule has 1 aromatic carbocycles. The van der Waals surface area contributed by atoms with Gasteiger partial charge < -0.3 is 4.90 Å². The van der Waals surface area contributed by atoms with Crippen LogP contribution in [0.15, 0.2) is 18.2 Å². The highest BCUT2D eigenvalue weighted by Gasteiger charge is 2.29. The largest absolute Gasteiger partial charge is 0.303 e. The third kappa shape index (κ3) is 3.75. The number of hydrogen-bond acceptors (Lipinski definition) is 1. The molecule has 1 heterocycles. The number of nitrogens with zero attached hydrogens (tertiary/aromatic N) is 1. The summed E-state index contributed by atoms with van der Waals surface area (Å²) in [4.78, 5) is 2.29. The summed E-state index contributed by atoms with van der Waals surface area (Å²) in [5.74, 6) is -0.284. The van der Waals surface area contributed by atoms with E-state index in [9.17, 15) is 13.2 Å². The molecule has 20 heavy (non-hydrogen) atoms. The van der Waals surface area contributed by atoms with Crippen molar-refractivity contribution in [2.75, 3.05) is 19.6 Å². The van der Waals surface area contributed by atoms with E-state index < -0.39 is 17.8 Å². The molecular formula is C16H21F3N. The first-order valence-corrected chi connectivity index (χ1v) is 7.07. The predicted octanol–water partition coefficient (Wildman–Crippen LogP) is 4.30. The second kappa shape index (κ2) is 6.61. The topological polar surface area (TPSA) is 3.24 Å². The third-order valence-corrected chi connectivity index (χ3v) is 3.85. The molecule has 1 nitrogen and oxygen atoms in total. The lowest BCUT2D eigenvalue weighted by Crippen LogP contribution is -2.36. The minimum atomic E-state index is -1.34. The first kappa shape index (κ1) is 15.4. The van der Waals surface area contributed by atoms with Crippen LogP contribution in [0.2, 0.25) is 0 Å². The fourth-order valence-electron chi connectivity index (χ4n) is 2.83. The number of alkyl halides is 1. The highest BCUT2D eigenvalue weighted by atomic mass is 19.1. The Morgan fingerprint density at radius 2 is 1.90 bits per heavy atom. The number of piperidine rings is 1. The van der Waals surface area contributed by atoms with Crippen molar-refractivity contribution in [1.82, 2.24) is 4.90 Å². The zero-order valence-corrected chi connectivity index (χ0v) is 12.0. The monoisotopic (exact) mass is 284 g/mol. The highest BCUT2D eigenvalue weighted by molar-refractivity contribution is 5.21. The number of hydrogen-bond donors (Lipinski definition) is 0. The van der Waals surface area contributed by atoms with Gasteiger partial charge in [0.05, 0.1) is 0 Å². The molecule has 0 amide bonds. The number of halogens is 3. The number of likely N-dealkylation sites (tertiary alicyclic amines) is 1. The average molecular weight is 284 g/mol. The summed E-state index contributed by atoms with van der Waals surface area (Å²) < 4.78 is 40.9. The van der Waals surface area contributed by atoms with Gasteiger partial charge in [-0.15, -0.1) is 0 Å². The molecule has 0 N–H and O–H groups in total. The van der Waals surface area contributed by atoms with Crippen LogP contribution in [0.5, 0.6) is 0 Å². The quantitative estimate of drug-likeness (QED) is 0.796. The highest BCUT2D eigenvalue weighted by Crippen LogP contribution is 2.35. The summed E-state index contributed by atoms with van der Waals surface area (Å²) in [5, 5.41) is 0. The molecule has 1 aromatic rings. The molecule has 111 valence electrons. The molecule has 0 bridgehead atoms. The normalized spacial score (nSPS) is 19.5. The summed E-state index contributed by atoms with van der Waals surface area (Å²) >= 11 is 0. The first-order chi connectivity index (χ1) is 9.47. The van der Waals surface area contributed by atoms with Crippen LogP contribution in [0.3, 0.4) is 0 Å². The van der Waals surface area contributed by atoms with E-state index in [4.69, 9.17) is 0 Å².